The van der Waals surface area contributed by atoms with Crippen LogP contribution in [-0.4, -0.2) is 41.4 Å². The molecule has 0 radical (unpaired) electrons. The van der Waals surface area contributed by atoms with E-state index in [1.165, 1.54) is 24.3 Å². The van der Waals surface area contributed by atoms with Gasteiger partial charge < -0.3 is 14.5 Å². The van der Waals surface area contributed by atoms with E-state index in [0.29, 0.717) is 30.0 Å². The van der Waals surface area contributed by atoms with Crippen LogP contribution < -0.4 is 10.5 Å². The number of ether oxygens (including phenoxy) is 1. The van der Waals surface area contributed by atoms with Crippen molar-refractivity contribution >= 4 is 11.8 Å². The number of nitrogens with two attached hydrogens (primary N) is 1. The maximum absolute atomic E-state index is 13.6. The van der Waals surface area contributed by atoms with E-state index < -0.39 is 11.5 Å². The van der Waals surface area contributed by atoms with Gasteiger partial charge in [-0.25, -0.2) is 4.39 Å². The molecule has 2 N–H and O–H groups in total. The summed E-state index contributed by atoms with van der Waals surface area (Å²) in [7, 11) is 0. The molecule has 2 aliphatic heterocycles. The van der Waals surface area contributed by atoms with Crippen molar-refractivity contribution in [1.29, 1.82) is 0 Å². The van der Waals surface area contributed by atoms with E-state index in [-0.39, 0.29) is 18.5 Å². The second-order valence-electron chi connectivity index (χ2n) is 7.48. The number of hydrogen-bond acceptors (Lipinski definition) is 4. The molecule has 0 saturated carbocycles. The third kappa shape index (κ3) is 2.74. The van der Waals surface area contributed by atoms with Gasteiger partial charge in [-0.15, -0.1) is 0 Å². The number of nitrogens with zero attached hydrogens (tertiary/aromatic N) is 2. The maximum Gasteiger partial charge on any atom is 0.256 e. The number of hydrogen-bond donors (Lipinski definition) is 1. The summed E-state index contributed by atoms with van der Waals surface area (Å²) in [6.07, 6.45) is 0. The van der Waals surface area contributed by atoms with Crippen LogP contribution in [0.15, 0.2) is 72.8 Å². The molecule has 0 aliphatic carbocycles. The molecule has 2 aliphatic rings. The van der Waals surface area contributed by atoms with Crippen molar-refractivity contribution in [3.63, 3.8) is 0 Å². The van der Waals surface area contributed by atoms with E-state index in [1.807, 2.05) is 36.4 Å². The number of carbonyl (C=O) groups excluding carboxylic acids is 2. The Hall–Kier alpha value is -3.71. The van der Waals surface area contributed by atoms with Crippen molar-refractivity contribution < 1.29 is 18.7 Å². The summed E-state index contributed by atoms with van der Waals surface area (Å²) in [5, 5.41) is 0. The molecule has 5 rings (SSSR count). The summed E-state index contributed by atoms with van der Waals surface area (Å²) in [5.74, 6) is -0.276. The average molecular weight is 417 g/mol. The number of fused-ring (bicyclic) bond motifs is 3. The van der Waals surface area contributed by atoms with Crippen molar-refractivity contribution in [2.75, 3.05) is 19.8 Å². The van der Waals surface area contributed by atoms with Crippen LogP contribution in [0.1, 0.15) is 31.8 Å². The van der Waals surface area contributed by atoms with E-state index in [4.69, 9.17) is 10.5 Å². The number of benzene rings is 3. The minimum Gasteiger partial charge on any atom is -0.479 e. The molecule has 0 spiro atoms. The fourth-order valence-corrected chi connectivity index (χ4v) is 4.69. The lowest BCUT2D eigenvalue weighted by Crippen LogP contribution is -2.51. The fourth-order valence-electron chi connectivity index (χ4n) is 4.69. The van der Waals surface area contributed by atoms with Crippen LogP contribution >= 0.6 is 0 Å². The highest BCUT2D eigenvalue weighted by molar-refractivity contribution is 6.03. The molecule has 3 aromatic rings. The molecule has 7 heteroatoms. The lowest BCUT2D eigenvalue weighted by molar-refractivity contribution is 0.0374. The van der Waals surface area contributed by atoms with Gasteiger partial charge >= 0.3 is 0 Å². The Morgan fingerprint density at radius 2 is 1.81 bits per heavy atom. The Balaban J connectivity index is 1.73. The Morgan fingerprint density at radius 3 is 2.58 bits per heavy atom. The quantitative estimate of drug-likeness (QED) is 0.663. The van der Waals surface area contributed by atoms with Gasteiger partial charge in [-0.2, -0.15) is 0 Å². The van der Waals surface area contributed by atoms with Crippen LogP contribution in [0.5, 0.6) is 5.75 Å². The molecule has 0 aromatic heterocycles. The highest BCUT2D eigenvalue weighted by Gasteiger charge is 2.59. The minimum atomic E-state index is -1.12. The monoisotopic (exact) mass is 417 g/mol. The summed E-state index contributed by atoms with van der Waals surface area (Å²) in [4.78, 5) is 30.3. The molecule has 2 amide bonds. The molecule has 31 heavy (non-hydrogen) atoms. The lowest BCUT2D eigenvalue weighted by atomic mass is 9.89. The van der Waals surface area contributed by atoms with Crippen LogP contribution in [0.25, 0.3) is 0 Å². The Kier molecular flexibility index (Phi) is 4.48. The topological polar surface area (TPSA) is 75.9 Å². The van der Waals surface area contributed by atoms with E-state index in [9.17, 15) is 14.0 Å². The molecule has 3 aromatic carbocycles. The molecular weight excluding hydrogens is 397 g/mol. The zero-order valence-corrected chi connectivity index (χ0v) is 16.6. The first-order valence-electron chi connectivity index (χ1n) is 10.00. The van der Waals surface area contributed by atoms with Crippen LogP contribution in [0.2, 0.25) is 0 Å². The van der Waals surface area contributed by atoms with Crippen LogP contribution in [0.3, 0.4) is 0 Å². The number of carbonyl (C=O) groups is 2. The van der Waals surface area contributed by atoms with Gasteiger partial charge in [-0.3, -0.25) is 15.3 Å². The number of amides is 2. The normalized spacial score (nSPS) is 19.4. The zero-order valence-electron chi connectivity index (χ0n) is 16.6. The predicted octanol–water partition coefficient (Wildman–Crippen LogP) is 2.93. The van der Waals surface area contributed by atoms with Gasteiger partial charge in [0.15, 0.2) is 5.66 Å². The smallest absolute Gasteiger partial charge is 0.256 e. The molecule has 2 heterocycles. The largest absolute Gasteiger partial charge is 0.479 e. The van der Waals surface area contributed by atoms with Gasteiger partial charge in [0.1, 0.15) is 18.3 Å². The van der Waals surface area contributed by atoms with Crippen molar-refractivity contribution in [2.24, 2.45) is 5.73 Å². The minimum absolute atomic E-state index is 0.00785. The first-order valence-corrected chi connectivity index (χ1v) is 10.00. The first-order chi connectivity index (χ1) is 15.1. The summed E-state index contributed by atoms with van der Waals surface area (Å²) >= 11 is 0. The lowest BCUT2D eigenvalue weighted by Gasteiger charge is -2.40. The van der Waals surface area contributed by atoms with Crippen molar-refractivity contribution in [3.05, 3.63) is 101 Å². The van der Waals surface area contributed by atoms with Crippen molar-refractivity contribution in [2.45, 2.75) is 5.66 Å². The van der Waals surface area contributed by atoms with E-state index in [0.717, 1.165) is 11.1 Å². The number of halogens is 1. The van der Waals surface area contributed by atoms with Gasteiger partial charge in [0, 0.05) is 35.3 Å². The van der Waals surface area contributed by atoms with E-state index in [2.05, 4.69) is 0 Å². The maximum atomic E-state index is 13.6. The van der Waals surface area contributed by atoms with Crippen molar-refractivity contribution in [1.82, 2.24) is 9.80 Å². The molecular formula is C24H20FN3O3. The summed E-state index contributed by atoms with van der Waals surface area (Å²) < 4.78 is 18.9. The average Bonchev–Trinajstić information content (AvgIpc) is 3.30. The molecule has 1 fully saturated rings. The molecule has 1 atom stereocenters. The van der Waals surface area contributed by atoms with E-state index in [1.54, 1.807) is 21.9 Å². The van der Waals surface area contributed by atoms with Crippen LogP contribution in [-0.2, 0) is 5.66 Å². The second-order valence-corrected chi connectivity index (χ2v) is 7.48. The Labute approximate surface area is 178 Å². The molecule has 156 valence electrons. The Bertz CT molecular complexity index is 1180. The second kappa shape index (κ2) is 7.21. The third-order valence-electron chi connectivity index (χ3n) is 5.93. The van der Waals surface area contributed by atoms with Gasteiger partial charge in [0.25, 0.3) is 11.8 Å². The molecule has 6 nitrogen and oxygen atoms in total. The first kappa shape index (κ1) is 19.3. The fraction of sp³-hybridized carbons (Fsp3) is 0.167. The number of rotatable bonds is 4. The third-order valence-corrected chi connectivity index (χ3v) is 5.93. The van der Waals surface area contributed by atoms with Crippen LogP contribution in [0, 0.1) is 5.82 Å². The van der Waals surface area contributed by atoms with Crippen molar-refractivity contribution in [3.8, 4) is 5.75 Å². The molecule has 1 unspecified atom stereocenters. The predicted molar refractivity (Wildman–Crippen MR) is 112 cm³/mol. The SMILES string of the molecule is NCOc1cccc(C23c4ccccc4C(=O)N2CCN3C(=O)c2ccc(F)cc2)c1. The molecule has 0 bridgehead atoms. The van der Waals surface area contributed by atoms with Gasteiger partial charge in [0.05, 0.1) is 0 Å². The summed E-state index contributed by atoms with van der Waals surface area (Å²) in [5.41, 5.74) is 6.81. The summed E-state index contributed by atoms with van der Waals surface area (Å²) in [6.45, 7) is 0.731. The Morgan fingerprint density at radius 1 is 1.03 bits per heavy atom. The van der Waals surface area contributed by atoms with Gasteiger partial charge in [-0.1, -0.05) is 30.3 Å². The molecule has 1 saturated heterocycles. The zero-order chi connectivity index (χ0) is 21.6. The van der Waals surface area contributed by atoms with E-state index >= 15 is 0 Å². The summed E-state index contributed by atoms with van der Waals surface area (Å²) in [6, 6.07) is 20.1. The highest BCUT2D eigenvalue weighted by Crippen LogP contribution is 2.50. The standard InChI is InChI=1S/C24H20FN3O3/c25-18-10-8-16(9-11-18)22(29)27-12-13-28-23(30)20-6-1-2-7-21(20)24(27,28)17-4-3-5-19(14-17)31-15-26/h1-11,14H,12-13,15,26H2. The van der Waals surface area contributed by atoms with Gasteiger partial charge in [0.2, 0.25) is 0 Å². The van der Waals surface area contributed by atoms with Gasteiger partial charge in [-0.05, 0) is 42.5 Å². The highest BCUT2D eigenvalue weighted by atomic mass is 19.1. The van der Waals surface area contributed by atoms with Crippen LogP contribution in [0.4, 0.5) is 4.39 Å².